The highest BCUT2D eigenvalue weighted by atomic mass is 16.3. The van der Waals surface area contributed by atoms with Gasteiger partial charge in [-0.05, 0) is 38.8 Å². The van der Waals surface area contributed by atoms with Crippen LogP contribution in [0.25, 0.3) is 5.65 Å². The van der Waals surface area contributed by atoms with Crippen LogP contribution in [0.4, 0.5) is 5.82 Å². The van der Waals surface area contributed by atoms with E-state index in [-0.39, 0.29) is 35.3 Å². The quantitative estimate of drug-likeness (QED) is 0.435. The van der Waals surface area contributed by atoms with Crippen LogP contribution in [0.15, 0.2) is 34.0 Å². The molecule has 0 atom stereocenters. The maximum atomic E-state index is 14.2. The van der Waals surface area contributed by atoms with E-state index in [9.17, 15) is 29.1 Å². The highest BCUT2D eigenvalue weighted by Gasteiger charge is 2.44. The second-order valence-corrected chi connectivity index (χ2v) is 10.4. The number of H-pyrrole nitrogens is 1. The summed E-state index contributed by atoms with van der Waals surface area (Å²) < 4.78 is 2.70. The predicted molar refractivity (Wildman–Crippen MR) is 141 cm³/mol. The fraction of sp³-hybridized carbons (Fsp3) is 0.462. The molecule has 0 aromatic carbocycles. The van der Waals surface area contributed by atoms with Gasteiger partial charge in [0.1, 0.15) is 11.4 Å². The number of likely N-dealkylation sites (N-methyl/N-ethyl adjacent to an activating group) is 1. The summed E-state index contributed by atoms with van der Waals surface area (Å²) in [7, 11) is 1.50. The number of pyridine rings is 2. The van der Waals surface area contributed by atoms with Crippen molar-refractivity contribution < 1.29 is 19.5 Å². The molecule has 1 saturated carbocycles. The third kappa shape index (κ3) is 4.27. The molecule has 1 aliphatic heterocycles. The topological polar surface area (TPSA) is 162 Å². The first-order valence-electron chi connectivity index (χ1n) is 13.0. The molecule has 3 aromatic heterocycles. The van der Waals surface area contributed by atoms with E-state index in [0.717, 1.165) is 12.5 Å². The molecule has 0 saturated heterocycles. The third-order valence-electron chi connectivity index (χ3n) is 7.72. The number of hydrogen-bond acceptors (Lipinski definition) is 7. The highest BCUT2D eigenvalue weighted by molar-refractivity contribution is 6.07. The first-order valence-corrected chi connectivity index (χ1v) is 13.0. The van der Waals surface area contributed by atoms with E-state index < -0.39 is 40.1 Å². The van der Waals surface area contributed by atoms with Gasteiger partial charge in [-0.25, -0.2) is 14.3 Å². The molecule has 39 heavy (non-hydrogen) atoms. The Morgan fingerprint density at radius 3 is 2.56 bits per heavy atom. The molecule has 0 spiro atoms. The summed E-state index contributed by atoms with van der Waals surface area (Å²) in [6.45, 7) is 4.31. The van der Waals surface area contributed by atoms with Gasteiger partial charge in [-0.3, -0.25) is 24.1 Å². The first-order chi connectivity index (χ1) is 18.6. The molecule has 13 heteroatoms. The van der Waals surface area contributed by atoms with Gasteiger partial charge >= 0.3 is 5.69 Å². The van der Waals surface area contributed by atoms with Gasteiger partial charge in [0.25, 0.3) is 17.7 Å². The SMILES string of the molecule is CC(C)N1CCn2c(N(C)C(=O)C3(NC(=O)c4cccn5c(=O)[nH]nc45)CCCCC3)cc(=O)c(O)c2C1=O. The van der Waals surface area contributed by atoms with Crippen LogP contribution in [0.5, 0.6) is 5.75 Å². The molecule has 3 aromatic rings. The van der Waals surface area contributed by atoms with Crippen molar-refractivity contribution in [2.75, 3.05) is 18.5 Å². The Balaban J connectivity index is 1.53. The van der Waals surface area contributed by atoms with Crippen LogP contribution in [0.3, 0.4) is 0 Å². The van der Waals surface area contributed by atoms with E-state index >= 15 is 0 Å². The van der Waals surface area contributed by atoms with Gasteiger partial charge in [-0.2, -0.15) is 5.10 Å². The Morgan fingerprint density at radius 2 is 1.87 bits per heavy atom. The summed E-state index contributed by atoms with van der Waals surface area (Å²) in [5, 5.41) is 19.7. The van der Waals surface area contributed by atoms with E-state index in [1.165, 1.54) is 33.2 Å². The fourth-order valence-electron chi connectivity index (χ4n) is 5.65. The Bertz CT molecular complexity index is 1590. The number of rotatable bonds is 5. The largest absolute Gasteiger partial charge is 0.503 e. The minimum Gasteiger partial charge on any atom is -0.503 e. The van der Waals surface area contributed by atoms with Crippen molar-refractivity contribution >= 4 is 29.2 Å². The Labute approximate surface area is 223 Å². The number of hydrogen-bond donors (Lipinski definition) is 3. The molecule has 206 valence electrons. The molecule has 0 unspecified atom stereocenters. The summed E-state index contributed by atoms with van der Waals surface area (Å²) in [5.41, 5.74) is -2.43. The number of anilines is 1. The van der Waals surface area contributed by atoms with Gasteiger partial charge in [0, 0.05) is 38.4 Å². The van der Waals surface area contributed by atoms with E-state index in [1.807, 2.05) is 13.8 Å². The lowest BCUT2D eigenvalue weighted by molar-refractivity contribution is -0.125. The second-order valence-electron chi connectivity index (χ2n) is 10.4. The number of nitrogens with zero attached hydrogens (tertiary/aromatic N) is 5. The molecular formula is C26H31N7O6. The van der Waals surface area contributed by atoms with Crippen LogP contribution < -0.4 is 21.3 Å². The minimum atomic E-state index is -1.29. The molecule has 5 rings (SSSR count). The molecule has 3 N–H and O–H groups in total. The van der Waals surface area contributed by atoms with Gasteiger partial charge in [0.2, 0.25) is 5.43 Å². The van der Waals surface area contributed by atoms with E-state index in [4.69, 9.17) is 0 Å². The lowest BCUT2D eigenvalue weighted by Crippen LogP contribution is -2.60. The average molecular weight is 538 g/mol. The summed E-state index contributed by atoms with van der Waals surface area (Å²) in [6.07, 6.45) is 4.51. The van der Waals surface area contributed by atoms with Crippen molar-refractivity contribution in [1.29, 1.82) is 0 Å². The fourth-order valence-corrected chi connectivity index (χ4v) is 5.65. The van der Waals surface area contributed by atoms with Gasteiger partial charge in [-0.15, -0.1) is 0 Å². The predicted octanol–water partition coefficient (Wildman–Crippen LogP) is 0.850. The monoisotopic (exact) mass is 537 g/mol. The van der Waals surface area contributed by atoms with Crippen molar-refractivity contribution in [2.45, 2.75) is 64.1 Å². The molecular weight excluding hydrogens is 506 g/mol. The number of amides is 3. The van der Waals surface area contributed by atoms with Crippen molar-refractivity contribution in [3.05, 3.63) is 56.4 Å². The summed E-state index contributed by atoms with van der Waals surface area (Å²) in [5.74, 6) is -1.99. The minimum absolute atomic E-state index is 0.133. The van der Waals surface area contributed by atoms with Crippen molar-refractivity contribution in [3.63, 3.8) is 0 Å². The van der Waals surface area contributed by atoms with Crippen molar-refractivity contribution in [1.82, 2.24) is 29.4 Å². The Morgan fingerprint density at radius 1 is 1.15 bits per heavy atom. The van der Waals surface area contributed by atoms with Gasteiger partial charge in [-0.1, -0.05) is 19.3 Å². The summed E-state index contributed by atoms with van der Waals surface area (Å²) in [4.78, 5) is 68.4. The van der Waals surface area contributed by atoms with E-state index in [1.54, 1.807) is 11.0 Å². The highest BCUT2D eigenvalue weighted by Crippen LogP contribution is 2.33. The lowest BCUT2D eigenvalue weighted by atomic mass is 9.80. The molecule has 4 heterocycles. The smallest absolute Gasteiger partial charge is 0.347 e. The molecule has 1 aliphatic carbocycles. The van der Waals surface area contributed by atoms with Crippen molar-refractivity contribution in [3.8, 4) is 5.75 Å². The Hall–Kier alpha value is -4.42. The summed E-state index contributed by atoms with van der Waals surface area (Å²) >= 11 is 0. The number of aromatic hydroxyl groups is 1. The first kappa shape index (κ1) is 26.2. The van der Waals surface area contributed by atoms with Crippen LogP contribution in [0, 0.1) is 0 Å². The summed E-state index contributed by atoms with van der Waals surface area (Å²) in [6, 6.07) is 4.08. The zero-order valence-electron chi connectivity index (χ0n) is 22.1. The molecule has 1 fully saturated rings. The second kappa shape index (κ2) is 9.71. The van der Waals surface area contributed by atoms with Gasteiger partial charge in [0.15, 0.2) is 17.1 Å². The zero-order chi connectivity index (χ0) is 28.1. The number of aromatic amines is 1. The van der Waals surface area contributed by atoms with Gasteiger partial charge < -0.3 is 19.9 Å². The van der Waals surface area contributed by atoms with E-state index in [0.29, 0.717) is 32.2 Å². The number of carbonyl (C=O) groups is 3. The maximum Gasteiger partial charge on any atom is 0.347 e. The van der Waals surface area contributed by atoms with Crippen LogP contribution >= 0.6 is 0 Å². The number of nitrogens with one attached hydrogen (secondary N) is 2. The number of fused-ring (bicyclic) bond motifs is 2. The van der Waals surface area contributed by atoms with Crippen LogP contribution in [0.1, 0.15) is 66.8 Å². The average Bonchev–Trinajstić information content (AvgIpc) is 3.30. The van der Waals surface area contributed by atoms with E-state index in [2.05, 4.69) is 15.5 Å². The van der Waals surface area contributed by atoms with Crippen LogP contribution in [0.2, 0.25) is 0 Å². The molecule has 2 aliphatic rings. The zero-order valence-corrected chi connectivity index (χ0v) is 22.1. The Kier molecular flexibility index (Phi) is 6.52. The van der Waals surface area contributed by atoms with Gasteiger partial charge in [0.05, 0.1) is 5.56 Å². The normalized spacial score (nSPS) is 16.8. The number of carbonyl (C=O) groups excluding carboxylic acids is 3. The standard InChI is InChI=1S/C26H31N7O6/c1-15(2)31-12-13-32-18(14-17(34)20(35)19(32)23(31)37)30(3)24(38)26(9-5-4-6-10-26)27-22(36)16-8-7-11-33-21(16)28-29-25(33)39/h7-8,11,14-15,35H,4-6,9-10,12-13H2,1-3H3,(H,27,36)(H,29,39). The van der Waals surface area contributed by atoms with Crippen molar-refractivity contribution in [2.24, 2.45) is 0 Å². The number of aromatic nitrogens is 4. The molecule has 0 radical (unpaired) electrons. The molecule has 3 amide bonds. The van der Waals surface area contributed by atoms with Crippen LogP contribution in [-0.4, -0.2) is 72.1 Å². The molecule has 0 bridgehead atoms. The third-order valence-corrected chi connectivity index (χ3v) is 7.72. The lowest BCUT2D eigenvalue weighted by Gasteiger charge is -2.40. The van der Waals surface area contributed by atoms with Crippen LogP contribution in [-0.2, 0) is 11.3 Å². The molecule has 13 nitrogen and oxygen atoms in total. The maximum absolute atomic E-state index is 14.2.